The molecule has 23 heavy (non-hydrogen) atoms. The predicted molar refractivity (Wildman–Crippen MR) is 83.4 cm³/mol. The van der Waals surface area contributed by atoms with Gasteiger partial charge in [0.25, 0.3) is 0 Å². The van der Waals surface area contributed by atoms with Gasteiger partial charge in [-0.2, -0.15) is 0 Å². The highest BCUT2D eigenvalue weighted by Gasteiger charge is 2.00. The van der Waals surface area contributed by atoms with E-state index in [-0.39, 0.29) is 37.6 Å². The third-order valence-electron chi connectivity index (χ3n) is 1.64. The zero-order chi connectivity index (χ0) is 18.8. The first-order chi connectivity index (χ1) is 10.6. The van der Waals surface area contributed by atoms with Crippen molar-refractivity contribution in [1.29, 1.82) is 0 Å². The molecule has 0 fully saturated rings. The summed E-state index contributed by atoms with van der Waals surface area (Å²) in [6.07, 6.45) is 0. The molecule has 0 aliphatic heterocycles. The summed E-state index contributed by atoms with van der Waals surface area (Å²) in [6.45, 7) is 11.9. The molecule has 0 aromatic carbocycles. The van der Waals surface area contributed by atoms with Crippen LogP contribution < -0.4 is 0 Å². The molecule has 0 atom stereocenters. The molecule has 0 bridgehead atoms. The second-order valence-electron chi connectivity index (χ2n) is 3.93. The topological polar surface area (TPSA) is 137 Å². The lowest BCUT2D eigenvalue weighted by atomic mass is 10.4. The second-order valence-corrected chi connectivity index (χ2v) is 3.93. The first-order valence-electron chi connectivity index (χ1n) is 6.66. The Kier molecular flexibility index (Phi) is 20.8. The van der Waals surface area contributed by atoms with E-state index in [4.69, 9.17) is 30.1 Å². The number of aliphatic carboxylic acids is 2. The maximum Gasteiger partial charge on any atom is 0.330 e. The Balaban J connectivity index is -0.000000284. The lowest BCUT2D eigenvalue weighted by Crippen LogP contribution is -2.26. The maximum atomic E-state index is 9.60. The molecule has 0 rings (SSSR count). The molecular weight excluding hydrogens is 310 g/mol. The maximum absolute atomic E-state index is 9.60. The molecule has 136 valence electrons. The highest BCUT2D eigenvalue weighted by Crippen LogP contribution is 1.90. The van der Waals surface area contributed by atoms with Gasteiger partial charge in [0, 0.05) is 17.7 Å². The van der Waals surface area contributed by atoms with Gasteiger partial charge in [0.2, 0.25) is 0 Å². The Bertz CT molecular complexity index is 301. The molecule has 0 spiro atoms. The van der Waals surface area contributed by atoms with Crippen LogP contribution in [0.25, 0.3) is 0 Å². The van der Waals surface area contributed by atoms with Crippen molar-refractivity contribution in [1.82, 2.24) is 5.23 Å². The minimum Gasteiger partial charge on any atom is -0.478 e. The van der Waals surface area contributed by atoms with E-state index in [1.165, 1.54) is 19.1 Å². The third kappa shape index (κ3) is 25.5. The Morgan fingerprint density at radius 1 is 0.913 bits per heavy atom. The van der Waals surface area contributed by atoms with Crippen molar-refractivity contribution in [2.45, 2.75) is 20.8 Å². The number of carboxylic acid groups (broad SMARTS) is 2. The van der Waals surface area contributed by atoms with Crippen molar-refractivity contribution in [3.05, 3.63) is 24.3 Å². The van der Waals surface area contributed by atoms with Crippen molar-refractivity contribution in [2.24, 2.45) is 0 Å². The van der Waals surface area contributed by atoms with E-state index in [2.05, 4.69) is 13.2 Å². The van der Waals surface area contributed by atoms with Crippen LogP contribution >= 0.6 is 0 Å². The van der Waals surface area contributed by atoms with Gasteiger partial charge >= 0.3 is 11.9 Å². The Labute approximate surface area is 136 Å². The van der Waals surface area contributed by atoms with Crippen LogP contribution in [0, 0.1) is 0 Å². The van der Waals surface area contributed by atoms with E-state index >= 15 is 0 Å². The molecule has 0 aliphatic carbocycles. The summed E-state index contributed by atoms with van der Waals surface area (Å²) in [4.78, 5) is 29.0. The monoisotopic (exact) mass is 337 g/mol. The van der Waals surface area contributed by atoms with Crippen molar-refractivity contribution in [3.63, 3.8) is 0 Å². The summed E-state index contributed by atoms with van der Waals surface area (Å²) in [5.41, 5.74) is 0.352. The van der Waals surface area contributed by atoms with Crippen LogP contribution in [0.5, 0.6) is 0 Å². The van der Waals surface area contributed by atoms with Gasteiger partial charge in [-0.3, -0.25) is 9.68 Å². The Morgan fingerprint density at radius 2 is 1.17 bits per heavy atom. The number of rotatable bonds is 9. The van der Waals surface area contributed by atoms with E-state index in [9.17, 15) is 9.59 Å². The average Bonchev–Trinajstić information content (AvgIpc) is 2.48. The van der Waals surface area contributed by atoms with Gasteiger partial charge in [0.05, 0.1) is 26.4 Å². The fourth-order valence-electron chi connectivity index (χ4n) is 0.505. The SMILES string of the molecule is C=C(C)C(=O)O.C=C(C)C(=O)O.CCN(OCCO)OCCO. The van der Waals surface area contributed by atoms with E-state index in [0.717, 1.165) is 0 Å². The molecule has 0 aliphatic rings. The number of hydrogen-bond acceptors (Lipinski definition) is 7. The molecule has 4 N–H and O–H groups in total. The minimum atomic E-state index is -0.935. The molecule has 0 radical (unpaired) electrons. The molecule has 9 heteroatoms. The molecule has 0 saturated heterocycles. The van der Waals surface area contributed by atoms with Crippen molar-refractivity contribution < 1.29 is 39.7 Å². The number of hydrogen-bond donors (Lipinski definition) is 4. The zero-order valence-electron chi connectivity index (χ0n) is 13.8. The van der Waals surface area contributed by atoms with Crippen molar-refractivity contribution >= 4 is 11.9 Å². The largest absolute Gasteiger partial charge is 0.478 e. The lowest BCUT2D eigenvalue weighted by molar-refractivity contribution is -0.369. The molecule has 0 aromatic heterocycles. The lowest BCUT2D eigenvalue weighted by Gasteiger charge is -2.17. The number of carboxylic acids is 2. The van der Waals surface area contributed by atoms with Gasteiger partial charge in [-0.1, -0.05) is 18.4 Å². The zero-order valence-corrected chi connectivity index (χ0v) is 13.8. The smallest absolute Gasteiger partial charge is 0.330 e. The number of aliphatic hydroxyl groups excluding tert-OH is 2. The summed E-state index contributed by atoms with van der Waals surface area (Å²) in [6, 6.07) is 0. The van der Waals surface area contributed by atoms with Crippen LogP contribution in [0.1, 0.15) is 20.8 Å². The third-order valence-corrected chi connectivity index (χ3v) is 1.64. The predicted octanol–water partition coefficient (Wildman–Crippen LogP) is 0.450. The van der Waals surface area contributed by atoms with Crippen LogP contribution in [0.3, 0.4) is 0 Å². The van der Waals surface area contributed by atoms with Crippen molar-refractivity contribution in [2.75, 3.05) is 33.0 Å². The Hall–Kier alpha value is -1.78. The highest BCUT2D eigenvalue weighted by atomic mass is 16.9. The fourth-order valence-corrected chi connectivity index (χ4v) is 0.505. The number of hydroxylamine groups is 2. The molecule has 0 aromatic rings. The summed E-state index contributed by atoms with van der Waals surface area (Å²) in [7, 11) is 0. The number of aliphatic hydroxyl groups is 2. The normalized spacial score (nSPS) is 9.13. The van der Waals surface area contributed by atoms with Crippen LogP contribution in [0.2, 0.25) is 0 Å². The average molecular weight is 337 g/mol. The van der Waals surface area contributed by atoms with Crippen LogP contribution in [-0.4, -0.2) is 70.6 Å². The molecule has 9 nitrogen and oxygen atoms in total. The molecule has 0 heterocycles. The number of nitrogens with zero attached hydrogens (tertiary/aromatic N) is 1. The van der Waals surface area contributed by atoms with E-state index in [1.807, 2.05) is 6.92 Å². The Morgan fingerprint density at radius 3 is 1.30 bits per heavy atom. The van der Waals surface area contributed by atoms with Gasteiger partial charge < -0.3 is 20.4 Å². The molecular formula is C14H27NO8. The van der Waals surface area contributed by atoms with E-state index in [1.54, 1.807) is 0 Å². The molecule has 0 saturated carbocycles. The first-order valence-corrected chi connectivity index (χ1v) is 6.66. The fraction of sp³-hybridized carbons (Fsp3) is 0.571. The standard InChI is InChI=1S/C6H15NO4.2C4H6O2/c1-2-7(10-5-3-8)11-6-4-9;2*1-3(2)4(5)6/h8-9H,2-6H2,1H3;2*1H2,2H3,(H,5,6). The quantitative estimate of drug-likeness (QED) is 0.349. The van der Waals surface area contributed by atoms with Crippen molar-refractivity contribution in [3.8, 4) is 0 Å². The summed E-state index contributed by atoms with van der Waals surface area (Å²) in [5, 5.41) is 33.8. The number of carbonyl (C=O) groups is 2. The summed E-state index contributed by atoms with van der Waals surface area (Å²) >= 11 is 0. The highest BCUT2D eigenvalue weighted by molar-refractivity contribution is 5.85. The van der Waals surface area contributed by atoms with E-state index in [0.29, 0.717) is 6.54 Å². The van der Waals surface area contributed by atoms with Crippen LogP contribution in [0.15, 0.2) is 24.3 Å². The van der Waals surface area contributed by atoms with Gasteiger partial charge in [-0.15, -0.1) is 0 Å². The molecule has 0 amide bonds. The summed E-state index contributed by atoms with van der Waals surface area (Å²) < 4.78 is 0. The van der Waals surface area contributed by atoms with Gasteiger partial charge in [-0.25, -0.2) is 9.59 Å². The van der Waals surface area contributed by atoms with Gasteiger partial charge in [-0.05, 0) is 20.8 Å². The summed E-state index contributed by atoms with van der Waals surface area (Å²) in [5.74, 6) is -1.87. The minimum absolute atomic E-state index is 0.0427. The van der Waals surface area contributed by atoms with Gasteiger partial charge in [0.1, 0.15) is 0 Å². The first kappa shape index (κ1) is 26.1. The van der Waals surface area contributed by atoms with Gasteiger partial charge in [0.15, 0.2) is 0 Å². The van der Waals surface area contributed by atoms with E-state index < -0.39 is 11.9 Å². The van der Waals surface area contributed by atoms with Crippen LogP contribution in [-0.2, 0) is 19.3 Å². The second kappa shape index (κ2) is 18.3. The molecule has 0 unspecified atom stereocenters. The van der Waals surface area contributed by atoms with Crippen LogP contribution in [0.4, 0.5) is 0 Å².